The number of hydrogen-bond donors (Lipinski definition) is 0. The Morgan fingerprint density at radius 3 is 2.87 bits per heavy atom. The zero-order valence-corrected chi connectivity index (χ0v) is 8.17. The molecule has 0 N–H and O–H groups in total. The van der Waals surface area contributed by atoms with Crippen molar-refractivity contribution in [2.75, 3.05) is 6.61 Å². The monoisotopic (exact) mass is 201 g/mol. The molecule has 1 aromatic carbocycles. The second kappa shape index (κ2) is 3.21. The SMILES string of the molecule is O=C1C=C[C@@H]2OC[C@@H](c3ccccc3)N12. The maximum absolute atomic E-state index is 11.6. The standard InChI is InChI=1S/C12H11NO2/c14-11-6-7-12-13(11)10(8-15-12)9-4-2-1-3-5-9/h1-7,10,12H,8H2/t10-,12-/m0/s1. The van der Waals surface area contributed by atoms with Crippen LogP contribution in [0.3, 0.4) is 0 Å². The Balaban J connectivity index is 1.93. The van der Waals surface area contributed by atoms with Crippen molar-refractivity contribution in [2.45, 2.75) is 12.3 Å². The third kappa shape index (κ3) is 1.27. The number of ether oxygens (including phenoxy) is 1. The summed E-state index contributed by atoms with van der Waals surface area (Å²) in [6.07, 6.45) is 3.24. The summed E-state index contributed by atoms with van der Waals surface area (Å²) in [5.41, 5.74) is 1.14. The molecule has 1 fully saturated rings. The van der Waals surface area contributed by atoms with Crippen LogP contribution in [0.5, 0.6) is 0 Å². The molecule has 2 atom stereocenters. The molecule has 76 valence electrons. The second-order valence-electron chi connectivity index (χ2n) is 3.76. The molecule has 3 heteroatoms. The first kappa shape index (κ1) is 8.68. The van der Waals surface area contributed by atoms with Crippen LogP contribution in [-0.4, -0.2) is 23.6 Å². The van der Waals surface area contributed by atoms with Crippen LogP contribution in [0.2, 0.25) is 0 Å². The molecule has 1 saturated heterocycles. The summed E-state index contributed by atoms with van der Waals surface area (Å²) in [6, 6.07) is 10.1. The molecule has 3 nitrogen and oxygen atoms in total. The highest BCUT2D eigenvalue weighted by Crippen LogP contribution is 2.33. The zero-order chi connectivity index (χ0) is 10.3. The molecular formula is C12H11NO2. The van der Waals surface area contributed by atoms with E-state index in [1.54, 1.807) is 11.0 Å². The summed E-state index contributed by atoms with van der Waals surface area (Å²) < 4.78 is 5.53. The van der Waals surface area contributed by atoms with Gasteiger partial charge in [-0.05, 0) is 11.6 Å². The first-order valence-corrected chi connectivity index (χ1v) is 5.03. The maximum atomic E-state index is 11.6. The van der Waals surface area contributed by atoms with Crippen LogP contribution in [-0.2, 0) is 9.53 Å². The quantitative estimate of drug-likeness (QED) is 0.688. The number of carbonyl (C=O) groups is 1. The molecule has 0 spiro atoms. The van der Waals surface area contributed by atoms with Gasteiger partial charge in [-0.25, -0.2) is 0 Å². The fourth-order valence-electron chi connectivity index (χ4n) is 2.14. The van der Waals surface area contributed by atoms with Crippen molar-refractivity contribution in [1.29, 1.82) is 0 Å². The number of rotatable bonds is 1. The second-order valence-corrected chi connectivity index (χ2v) is 3.76. The highest BCUT2D eigenvalue weighted by atomic mass is 16.5. The van der Waals surface area contributed by atoms with Gasteiger partial charge in [0.15, 0.2) is 6.23 Å². The minimum atomic E-state index is -0.150. The molecule has 0 radical (unpaired) electrons. The van der Waals surface area contributed by atoms with Gasteiger partial charge in [-0.3, -0.25) is 4.79 Å². The maximum Gasteiger partial charge on any atom is 0.249 e. The van der Waals surface area contributed by atoms with Crippen LogP contribution in [0, 0.1) is 0 Å². The lowest BCUT2D eigenvalue weighted by atomic mass is 10.1. The van der Waals surface area contributed by atoms with E-state index in [4.69, 9.17) is 4.74 Å². The van der Waals surface area contributed by atoms with Crippen LogP contribution in [0.15, 0.2) is 42.5 Å². The molecule has 1 aromatic rings. The van der Waals surface area contributed by atoms with E-state index >= 15 is 0 Å². The molecule has 2 heterocycles. The molecule has 0 bridgehead atoms. The van der Waals surface area contributed by atoms with Crippen LogP contribution in [0.1, 0.15) is 11.6 Å². The number of fused-ring (bicyclic) bond motifs is 1. The van der Waals surface area contributed by atoms with E-state index in [0.717, 1.165) is 5.56 Å². The molecule has 15 heavy (non-hydrogen) atoms. The highest BCUT2D eigenvalue weighted by Gasteiger charge is 2.39. The van der Waals surface area contributed by atoms with E-state index in [-0.39, 0.29) is 18.2 Å². The zero-order valence-electron chi connectivity index (χ0n) is 8.17. The average molecular weight is 201 g/mol. The van der Waals surface area contributed by atoms with Gasteiger partial charge in [-0.15, -0.1) is 0 Å². The van der Waals surface area contributed by atoms with Crippen molar-refractivity contribution >= 4 is 5.91 Å². The summed E-state index contributed by atoms with van der Waals surface area (Å²) >= 11 is 0. The predicted octanol–water partition coefficient (Wildman–Crippen LogP) is 1.48. The van der Waals surface area contributed by atoms with E-state index in [1.165, 1.54) is 0 Å². The number of benzene rings is 1. The van der Waals surface area contributed by atoms with Gasteiger partial charge in [0, 0.05) is 6.08 Å². The molecule has 0 saturated carbocycles. The number of amides is 1. The minimum absolute atomic E-state index is 0.0475. The van der Waals surface area contributed by atoms with Crippen molar-refractivity contribution in [3.63, 3.8) is 0 Å². The Hall–Kier alpha value is -1.61. The van der Waals surface area contributed by atoms with E-state index in [2.05, 4.69) is 0 Å². The van der Waals surface area contributed by atoms with E-state index in [1.807, 2.05) is 36.4 Å². The summed E-state index contributed by atoms with van der Waals surface area (Å²) in [5, 5.41) is 0. The first-order chi connectivity index (χ1) is 7.36. The van der Waals surface area contributed by atoms with Crippen molar-refractivity contribution in [3.05, 3.63) is 48.0 Å². The molecule has 0 aromatic heterocycles. The Bertz CT molecular complexity index is 413. The van der Waals surface area contributed by atoms with Crippen molar-refractivity contribution < 1.29 is 9.53 Å². The Kier molecular flexibility index (Phi) is 1.86. The number of carbonyl (C=O) groups excluding carboxylic acids is 1. The smallest absolute Gasteiger partial charge is 0.249 e. The summed E-state index contributed by atoms with van der Waals surface area (Å²) in [5.74, 6) is 0.0475. The largest absolute Gasteiger partial charge is 0.352 e. The summed E-state index contributed by atoms with van der Waals surface area (Å²) in [7, 11) is 0. The highest BCUT2D eigenvalue weighted by molar-refractivity contribution is 5.91. The molecule has 0 unspecified atom stereocenters. The summed E-state index contributed by atoms with van der Waals surface area (Å²) in [4.78, 5) is 13.4. The van der Waals surface area contributed by atoms with Gasteiger partial charge >= 0.3 is 0 Å². The van der Waals surface area contributed by atoms with Crippen molar-refractivity contribution in [1.82, 2.24) is 4.90 Å². The normalized spacial score (nSPS) is 28.5. The van der Waals surface area contributed by atoms with Gasteiger partial charge in [0.1, 0.15) is 0 Å². The molecular weight excluding hydrogens is 190 g/mol. The van der Waals surface area contributed by atoms with Crippen LogP contribution >= 0.6 is 0 Å². The number of hydrogen-bond acceptors (Lipinski definition) is 2. The minimum Gasteiger partial charge on any atom is -0.352 e. The van der Waals surface area contributed by atoms with Crippen molar-refractivity contribution in [3.8, 4) is 0 Å². The topological polar surface area (TPSA) is 29.5 Å². The fraction of sp³-hybridized carbons (Fsp3) is 0.250. The van der Waals surface area contributed by atoms with Gasteiger partial charge in [0.2, 0.25) is 5.91 Å². The van der Waals surface area contributed by atoms with Gasteiger partial charge < -0.3 is 9.64 Å². The van der Waals surface area contributed by atoms with E-state index in [0.29, 0.717) is 6.61 Å². The lowest BCUT2D eigenvalue weighted by Gasteiger charge is -2.21. The fourth-order valence-corrected chi connectivity index (χ4v) is 2.14. The first-order valence-electron chi connectivity index (χ1n) is 5.03. The van der Waals surface area contributed by atoms with Crippen LogP contribution in [0.25, 0.3) is 0 Å². The lowest BCUT2D eigenvalue weighted by molar-refractivity contribution is -0.128. The van der Waals surface area contributed by atoms with Gasteiger partial charge in [0.05, 0.1) is 12.6 Å². The lowest BCUT2D eigenvalue weighted by Crippen LogP contribution is -2.31. The third-order valence-corrected chi connectivity index (χ3v) is 2.88. The Morgan fingerprint density at radius 2 is 2.07 bits per heavy atom. The van der Waals surface area contributed by atoms with Gasteiger partial charge in [0.25, 0.3) is 0 Å². The van der Waals surface area contributed by atoms with Gasteiger partial charge in [-0.1, -0.05) is 30.3 Å². The molecule has 1 amide bonds. The third-order valence-electron chi connectivity index (χ3n) is 2.88. The van der Waals surface area contributed by atoms with Crippen LogP contribution < -0.4 is 0 Å². The van der Waals surface area contributed by atoms with Crippen LogP contribution in [0.4, 0.5) is 0 Å². The molecule has 3 rings (SSSR count). The Morgan fingerprint density at radius 1 is 1.27 bits per heavy atom. The Labute approximate surface area is 88.0 Å². The average Bonchev–Trinajstić information content (AvgIpc) is 2.84. The van der Waals surface area contributed by atoms with E-state index < -0.39 is 0 Å². The molecule has 2 aliphatic heterocycles. The molecule has 0 aliphatic carbocycles. The van der Waals surface area contributed by atoms with E-state index in [9.17, 15) is 4.79 Å². The molecule has 2 aliphatic rings. The van der Waals surface area contributed by atoms with Gasteiger partial charge in [-0.2, -0.15) is 0 Å². The summed E-state index contributed by atoms with van der Waals surface area (Å²) in [6.45, 7) is 0.588. The van der Waals surface area contributed by atoms with Crippen molar-refractivity contribution in [2.24, 2.45) is 0 Å². The predicted molar refractivity (Wildman–Crippen MR) is 54.9 cm³/mol. The number of nitrogens with zero attached hydrogens (tertiary/aromatic N) is 1.